The number of amides is 2. The average Bonchev–Trinajstić information content (AvgIpc) is 3.52. The van der Waals surface area contributed by atoms with E-state index in [4.69, 9.17) is 0 Å². The van der Waals surface area contributed by atoms with Crippen molar-refractivity contribution in [2.24, 2.45) is 5.92 Å². The van der Waals surface area contributed by atoms with E-state index >= 15 is 0 Å². The van der Waals surface area contributed by atoms with Gasteiger partial charge in [-0.15, -0.1) is 0 Å². The molecule has 244 valence electrons. The molecule has 3 aromatic heterocycles. The van der Waals surface area contributed by atoms with E-state index in [0.717, 1.165) is 21.1 Å². The lowest BCUT2D eigenvalue weighted by Gasteiger charge is -2.26. The van der Waals surface area contributed by atoms with Crippen molar-refractivity contribution in [2.75, 3.05) is 11.9 Å². The summed E-state index contributed by atoms with van der Waals surface area (Å²) in [4.78, 5) is 31.5. The molecule has 0 atom stereocenters. The molecule has 3 heterocycles. The number of nitrogens with one attached hydrogen (secondary N) is 2. The van der Waals surface area contributed by atoms with E-state index in [1.54, 1.807) is 38.1 Å². The largest absolute Gasteiger partial charge is 0.460 e. The zero-order chi connectivity index (χ0) is 33.6. The molecule has 10 nitrogen and oxygen atoms in total. The number of anilines is 1. The average molecular weight is 764 g/mol. The molecule has 1 saturated carbocycles. The van der Waals surface area contributed by atoms with Gasteiger partial charge in [0.25, 0.3) is 11.8 Å². The van der Waals surface area contributed by atoms with E-state index in [1.165, 1.54) is 12.3 Å². The van der Waals surface area contributed by atoms with Crippen molar-refractivity contribution in [2.45, 2.75) is 51.3 Å². The highest BCUT2D eigenvalue weighted by atomic mass is 127. The van der Waals surface area contributed by atoms with Gasteiger partial charge in [0.2, 0.25) is 0 Å². The van der Waals surface area contributed by atoms with Gasteiger partial charge in [-0.25, -0.2) is 9.67 Å². The summed E-state index contributed by atoms with van der Waals surface area (Å²) in [5.74, 6) is -12.6. The molecule has 1 fully saturated rings. The van der Waals surface area contributed by atoms with Crippen LogP contribution in [0.1, 0.15) is 56.2 Å². The maximum Gasteiger partial charge on any atom is 0.460 e. The topological polar surface area (TPSA) is 120 Å². The Kier molecular flexibility index (Phi) is 8.86. The molecule has 0 radical (unpaired) electrons. The van der Waals surface area contributed by atoms with Crippen LogP contribution in [0.4, 0.5) is 36.4 Å². The van der Waals surface area contributed by atoms with E-state index in [9.17, 15) is 40.3 Å². The molecule has 18 heteroatoms. The van der Waals surface area contributed by atoms with Gasteiger partial charge in [-0.05, 0) is 90.6 Å². The molecule has 1 aromatic carbocycles. The number of aromatic nitrogens is 6. The molecular weight excluding hydrogens is 740 g/mol. The van der Waals surface area contributed by atoms with E-state index in [2.05, 4.69) is 53.5 Å². The van der Waals surface area contributed by atoms with Crippen LogP contribution in [0.25, 0.3) is 5.82 Å². The third kappa shape index (κ3) is 6.57. The first-order valence-electron chi connectivity index (χ1n) is 13.6. The van der Waals surface area contributed by atoms with Gasteiger partial charge in [0.15, 0.2) is 11.5 Å². The van der Waals surface area contributed by atoms with Crippen LogP contribution < -0.4 is 10.6 Å². The van der Waals surface area contributed by atoms with Crippen LogP contribution in [0, 0.1) is 23.3 Å². The molecule has 46 heavy (non-hydrogen) atoms. The van der Waals surface area contributed by atoms with Crippen molar-refractivity contribution in [3.05, 3.63) is 80.1 Å². The Morgan fingerprint density at radius 3 is 2.37 bits per heavy atom. The van der Waals surface area contributed by atoms with Gasteiger partial charge in [-0.1, -0.05) is 6.07 Å². The van der Waals surface area contributed by atoms with Gasteiger partial charge >= 0.3 is 18.0 Å². The highest BCUT2D eigenvalue weighted by molar-refractivity contribution is 14.1. The van der Waals surface area contributed by atoms with Crippen LogP contribution >= 0.6 is 22.6 Å². The Bertz CT molecular complexity index is 1800. The number of benzene rings is 1. The van der Waals surface area contributed by atoms with Crippen LogP contribution in [0.3, 0.4) is 0 Å². The lowest BCUT2D eigenvalue weighted by molar-refractivity contribution is -0.360. The maximum absolute atomic E-state index is 14.2. The second-order valence-electron chi connectivity index (χ2n) is 10.7. The van der Waals surface area contributed by atoms with Crippen molar-refractivity contribution >= 4 is 40.1 Å². The fourth-order valence-corrected chi connectivity index (χ4v) is 5.23. The van der Waals surface area contributed by atoms with E-state index < -0.39 is 36.2 Å². The smallest absolute Gasteiger partial charge is 0.352 e. The quantitative estimate of drug-likeness (QED) is 0.156. The molecule has 0 bridgehead atoms. The molecule has 4 aromatic rings. The molecule has 1 aliphatic carbocycles. The summed E-state index contributed by atoms with van der Waals surface area (Å²) in [6.45, 7) is 3.29. The highest BCUT2D eigenvalue weighted by Gasteiger charge is 2.74. The first kappa shape index (κ1) is 33.3. The summed E-state index contributed by atoms with van der Waals surface area (Å²) in [7, 11) is 0. The number of hydrogen-bond acceptors (Lipinski definition) is 6. The van der Waals surface area contributed by atoms with Crippen molar-refractivity contribution in [3.8, 4) is 5.82 Å². The number of aryl methyl sites for hydroxylation is 2. The summed E-state index contributed by atoms with van der Waals surface area (Å²) >= 11 is 2.05. The van der Waals surface area contributed by atoms with Gasteiger partial charge < -0.3 is 10.6 Å². The first-order valence-corrected chi connectivity index (χ1v) is 14.7. The molecule has 0 unspecified atom stereocenters. The molecule has 5 rings (SSSR count). The maximum atomic E-state index is 14.2. The Labute approximate surface area is 269 Å². The molecule has 2 amide bonds. The molecule has 0 aliphatic heterocycles. The second-order valence-corrected chi connectivity index (χ2v) is 12.0. The minimum Gasteiger partial charge on any atom is -0.352 e. The van der Waals surface area contributed by atoms with Crippen molar-refractivity contribution < 1.29 is 40.3 Å². The monoisotopic (exact) mass is 764 g/mol. The van der Waals surface area contributed by atoms with Gasteiger partial charge in [-0.3, -0.25) is 9.59 Å². The number of rotatable bonds is 10. The van der Waals surface area contributed by atoms with E-state index in [1.807, 2.05) is 0 Å². The lowest BCUT2D eigenvalue weighted by atomic mass is 10.1. The third-order valence-electron chi connectivity index (χ3n) is 7.12. The fourth-order valence-electron chi connectivity index (χ4n) is 4.45. The van der Waals surface area contributed by atoms with Crippen LogP contribution in [-0.2, 0) is 12.5 Å². The molecule has 2 N–H and O–H groups in total. The summed E-state index contributed by atoms with van der Waals surface area (Å²) in [5.41, 5.74) is -0.465. The normalized spacial score (nSPS) is 14.0. The van der Waals surface area contributed by atoms with Crippen LogP contribution in [0.15, 0.2) is 42.7 Å². The number of halogens is 8. The number of hydrogen-bond donors (Lipinski definition) is 2. The van der Waals surface area contributed by atoms with Gasteiger partial charge in [0.05, 0.1) is 23.1 Å². The first-order chi connectivity index (χ1) is 21.5. The van der Waals surface area contributed by atoms with E-state index in [-0.39, 0.29) is 40.6 Å². The van der Waals surface area contributed by atoms with Crippen molar-refractivity contribution in [1.82, 2.24) is 35.1 Å². The van der Waals surface area contributed by atoms with Gasteiger partial charge in [0.1, 0.15) is 12.2 Å². The predicted octanol–water partition coefficient (Wildman–Crippen LogP) is 5.81. The summed E-state index contributed by atoms with van der Waals surface area (Å²) in [6, 6.07) is 7.93. The number of pyridine rings is 1. The standard InChI is InChI=1S/C28H24F7IN8O2/c1-14-4-3-7-37-23(14)44-20(25(46)40-22-15(2)8-17(36)9-19(22)24(45)38-11-16-5-6-16)10-18(41-44)13-43-39-12-21(42-43)26(29,30)27(31,32)28(33,34)35/h3-4,7-10,12,16H,5-6,11,13H2,1-2H3,(H,38,45)(H,40,46). The zero-order valence-corrected chi connectivity index (χ0v) is 26.1. The number of carbonyl (C=O) groups is 2. The van der Waals surface area contributed by atoms with Gasteiger partial charge in [0, 0.05) is 16.3 Å². The minimum absolute atomic E-state index is 0.0509. The summed E-state index contributed by atoms with van der Waals surface area (Å²) < 4.78 is 95.3. The Morgan fingerprint density at radius 1 is 1.00 bits per heavy atom. The van der Waals surface area contributed by atoms with Gasteiger partial charge in [-0.2, -0.15) is 50.8 Å². The third-order valence-corrected chi connectivity index (χ3v) is 7.74. The fraction of sp³-hybridized carbons (Fsp3) is 0.357. The molecule has 0 saturated heterocycles. The van der Waals surface area contributed by atoms with Crippen LogP contribution in [-0.4, -0.2) is 60.2 Å². The Hall–Kier alpha value is -4.10. The number of nitrogens with zero attached hydrogens (tertiary/aromatic N) is 6. The Morgan fingerprint density at radius 2 is 1.72 bits per heavy atom. The van der Waals surface area contributed by atoms with E-state index in [0.29, 0.717) is 28.4 Å². The summed E-state index contributed by atoms with van der Waals surface area (Å²) in [6.07, 6.45) is -2.97. The molecular formula is C28H24F7IN8O2. The van der Waals surface area contributed by atoms with Crippen LogP contribution in [0.5, 0.6) is 0 Å². The predicted molar refractivity (Wildman–Crippen MR) is 157 cm³/mol. The number of carbonyl (C=O) groups excluding carboxylic acids is 2. The SMILES string of the molecule is Cc1cccnc1-n1nc(Cn2ncc(C(F)(F)C(F)(F)C(F)(F)F)n2)cc1C(=O)Nc1c(C)cc(I)cc1C(=O)NCC1CC1. The minimum atomic E-state index is -6.55. The highest BCUT2D eigenvalue weighted by Crippen LogP contribution is 2.51. The lowest BCUT2D eigenvalue weighted by Crippen LogP contribution is -2.50. The Balaban J connectivity index is 1.48. The molecule has 1 aliphatic rings. The second kappa shape index (κ2) is 12.3. The molecule has 0 spiro atoms. The van der Waals surface area contributed by atoms with Crippen molar-refractivity contribution in [1.29, 1.82) is 0 Å². The van der Waals surface area contributed by atoms with Crippen LogP contribution in [0.2, 0.25) is 0 Å². The zero-order valence-electron chi connectivity index (χ0n) is 24.0. The summed E-state index contributed by atoms with van der Waals surface area (Å²) in [5, 5.41) is 16.5. The van der Waals surface area contributed by atoms with Crippen molar-refractivity contribution in [3.63, 3.8) is 0 Å². The number of alkyl halides is 7.